The Labute approximate surface area is 262 Å². The summed E-state index contributed by atoms with van der Waals surface area (Å²) in [7, 11) is 0. The number of nitrogens with zero attached hydrogens (tertiary/aromatic N) is 4. The molecule has 0 unspecified atom stereocenters. The largest absolute Gasteiger partial charge is 0.312 e. The molecule has 0 N–H and O–H groups in total. The SMILES string of the molecule is CC(C)(C)c1nc2c3c4cc5c6ccccc6n(-c6ccccc6)c5cc4n4c(C(C)(C)C)cc(cc2n1-c1ccccc1)c34. The van der Waals surface area contributed by atoms with Crippen molar-refractivity contribution < 1.29 is 0 Å². The maximum atomic E-state index is 5.52. The maximum Gasteiger partial charge on any atom is 0.119 e. The third kappa shape index (κ3) is 3.57. The smallest absolute Gasteiger partial charge is 0.119 e. The zero-order valence-electron chi connectivity index (χ0n) is 26.7. The van der Waals surface area contributed by atoms with Crippen LogP contribution in [0.3, 0.4) is 0 Å². The van der Waals surface area contributed by atoms with E-state index in [2.05, 4.69) is 164 Å². The van der Waals surface area contributed by atoms with Crippen molar-refractivity contribution in [1.82, 2.24) is 18.5 Å². The van der Waals surface area contributed by atoms with Crippen LogP contribution in [0.4, 0.5) is 0 Å². The fourth-order valence-electron chi connectivity index (χ4n) is 7.55. The van der Waals surface area contributed by atoms with Crippen LogP contribution in [0.5, 0.6) is 0 Å². The Bertz CT molecular complexity index is 2580. The van der Waals surface area contributed by atoms with Gasteiger partial charge in [0.15, 0.2) is 0 Å². The first kappa shape index (κ1) is 26.3. The first-order valence-corrected chi connectivity index (χ1v) is 15.9. The molecule has 0 aliphatic heterocycles. The summed E-state index contributed by atoms with van der Waals surface area (Å²) in [4.78, 5) is 5.52. The summed E-state index contributed by atoms with van der Waals surface area (Å²) in [6.45, 7) is 13.8. The lowest BCUT2D eigenvalue weighted by molar-refractivity contribution is 0.539. The molecule has 220 valence electrons. The van der Waals surface area contributed by atoms with E-state index in [9.17, 15) is 0 Å². The summed E-state index contributed by atoms with van der Waals surface area (Å²) < 4.78 is 7.34. The summed E-state index contributed by atoms with van der Waals surface area (Å²) in [5.41, 5.74) is 10.6. The quantitative estimate of drug-likeness (QED) is 0.199. The third-order valence-corrected chi connectivity index (χ3v) is 9.48. The van der Waals surface area contributed by atoms with E-state index in [1.165, 1.54) is 60.4 Å². The fourth-order valence-corrected chi connectivity index (χ4v) is 7.55. The molecule has 4 heteroatoms. The van der Waals surface area contributed by atoms with E-state index in [0.717, 1.165) is 22.5 Å². The minimum Gasteiger partial charge on any atom is -0.312 e. The highest BCUT2D eigenvalue weighted by molar-refractivity contribution is 6.28. The summed E-state index contributed by atoms with van der Waals surface area (Å²) in [5, 5.41) is 6.29. The van der Waals surface area contributed by atoms with Gasteiger partial charge in [-0.1, -0.05) is 96.1 Å². The van der Waals surface area contributed by atoms with E-state index in [-0.39, 0.29) is 10.8 Å². The molecule has 9 aromatic rings. The van der Waals surface area contributed by atoms with Gasteiger partial charge in [-0.3, -0.25) is 4.57 Å². The topological polar surface area (TPSA) is 27.2 Å². The van der Waals surface area contributed by atoms with Crippen LogP contribution >= 0.6 is 0 Å². The lowest BCUT2D eigenvalue weighted by Crippen LogP contribution is -2.18. The molecule has 45 heavy (non-hydrogen) atoms. The highest BCUT2D eigenvalue weighted by Crippen LogP contribution is 2.46. The minimum absolute atomic E-state index is 0.0532. The van der Waals surface area contributed by atoms with Crippen LogP contribution in [-0.2, 0) is 10.8 Å². The molecule has 4 aromatic heterocycles. The van der Waals surface area contributed by atoms with Crippen LogP contribution < -0.4 is 0 Å². The predicted molar refractivity (Wildman–Crippen MR) is 190 cm³/mol. The Balaban J connectivity index is 1.53. The zero-order valence-corrected chi connectivity index (χ0v) is 26.7. The van der Waals surface area contributed by atoms with Gasteiger partial charge in [0.05, 0.1) is 33.1 Å². The van der Waals surface area contributed by atoms with Crippen molar-refractivity contribution in [3.05, 3.63) is 121 Å². The summed E-state index contributed by atoms with van der Waals surface area (Å²) in [5.74, 6) is 1.07. The molecule has 0 aliphatic carbocycles. The molecule has 0 spiro atoms. The molecule has 0 atom stereocenters. The van der Waals surface area contributed by atoms with Crippen LogP contribution in [-0.4, -0.2) is 18.5 Å². The number of hydrogen-bond donors (Lipinski definition) is 0. The molecule has 4 heterocycles. The van der Waals surface area contributed by atoms with Gasteiger partial charge in [0.25, 0.3) is 0 Å². The van der Waals surface area contributed by atoms with Crippen molar-refractivity contribution in [3.63, 3.8) is 0 Å². The molecule has 0 radical (unpaired) electrons. The second kappa shape index (κ2) is 8.76. The number of aromatic nitrogens is 4. The summed E-state index contributed by atoms with van der Waals surface area (Å²) in [6, 6.07) is 39.9. The van der Waals surface area contributed by atoms with Gasteiger partial charge < -0.3 is 8.97 Å². The maximum absolute atomic E-state index is 5.52. The molecular weight excluding hydrogens is 548 g/mol. The summed E-state index contributed by atoms with van der Waals surface area (Å²) in [6.07, 6.45) is 0. The normalized spacial score (nSPS) is 13.1. The molecule has 4 nitrogen and oxygen atoms in total. The molecule has 0 amide bonds. The van der Waals surface area contributed by atoms with Gasteiger partial charge in [0, 0.05) is 54.8 Å². The van der Waals surface area contributed by atoms with Gasteiger partial charge in [0.1, 0.15) is 5.82 Å². The van der Waals surface area contributed by atoms with Crippen LogP contribution in [0.15, 0.2) is 109 Å². The molecular formula is C41H36N4. The van der Waals surface area contributed by atoms with Crippen molar-refractivity contribution in [2.45, 2.75) is 52.4 Å². The van der Waals surface area contributed by atoms with Crippen LogP contribution in [0.2, 0.25) is 0 Å². The number of hydrogen-bond acceptors (Lipinski definition) is 1. The van der Waals surface area contributed by atoms with Crippen molar-refractivity contribution in [1.29, 1.82) is 0 Å². The Hall–Kier alpha value is -5.09. The Morgan fingerprint density at radius 1 is 0.511 bits per heavy atom. The first-order chi connectivity index (χ1) is 21.6. The number of imidazole rings is 1. The van der Waals surface area contributed by atoms with Gasteiger partial charge in [-0.25, -0.2) is 4.98 Å². The van der Waals surface area contributed by atoms with E-state index >= 15 is 0 Å². The average molecular weight is 585 g/mol. The van der Waals surface area contributed by atoms with Crippen LogP contribution in [0.25, 0.3) is 71.4 Å². The molecule has 0 fully saturated rings. The van der Waals surface area contributed by atoms with E-state index in [1.807, 2.05) is 0 Å². The Kier molecular flexibility index (Phi) is 5.12. The second-order valence-electron chi connectivity index (χ2n) is 14.6. The molecule has 0 bridgehead atoms. The minimum atomic E-state index is -0.146. The molecule has 5 aromatic carbocycles. The van der Waals surface area contributed by atoms with E-state index < -0.39 is 0 Å². The molecule has 0 saturated carbocycles. The van der Waals surface area contributed by atoms with Crippen molar-refractivity contribution in [2.75, 3.05) is 0 Å². The standard InChI is InChI=1S/C41H36N4/c1-40(2,3)35-22-25-21-34-37(42-39(41(4,5)6)44(34)27-17-11-8-12-18-27)36-30-23-29-28-19-13-14-20-31(28)43(26-15-9-7-10-16-26)32(29)24-33(30)45(35)38(25)36/h7-24H,1-6H3. The van der Waals surface area contributed by atoms with E-state index in [0.29, 0.717) is 0 Å². The van der Waals surface area contributed by atoms with Crippen molar-refractivity contribution in [3.8, 4) is 11.4 Å². The molecule has 9 rings (SSSR count). The van der Waals surface area contributed by atoms with Crippen molar-refractivity contribution >= 4 is 60.0 Å². The molecule has 0 aliphatic rings. The number of para-hydroxylation sites is 3. The Morgan fingerprint density at radius 2 is 1.16 bits per heavy atom. The van der Waals surface area contributed by atoms with E-state index in [1.54, 1.807) is 0 Å². The second-order valence-corrected chi connectivity index (χ2v) is 14.6. The third-order valence-electron chi connectivity index (χ3n) is 9.48. The van der Waals surface area contributed by atoms with Gasteiger partial charge in [-0.15, -0.1) is 0 Å². The van der Waals surface area contributed by atoms with Crippen molar-refractivity contribution in [2.24, 2.45) is 0 Å². The zero-order chi connectivity index (χ0) is 30.8. The first-order valence-electron chi connectivity index (χ1n) is 15.9. The van der Waals surface area contributed by atoms with Gasteiger partial charge in [-0.05, 0) is 54.6 Å². The van der Waals surface area contributed by atoms with E-state index in [4.69, 9.17) is 4.98 Å². The van der Waals surface area contributed by atoms with Gasteiger partial charge >= 0.3 is 0 Å². The van der Waals surface area contributed by atoms with Gasteiger partial charge in [0.2, 0.25) is 0 Å². The molecule has 0 saturated heterocycles. The highest BCUT2D eigenvalue weighted by Gasteiger charge is 2.30. The predicted octanol–water partition coefficient (Wildman–Crippen LogP) is 10.7. The number of fused-ring (bicyclic) bond motifs is 8. The monoisotopic (exact) mass is 584 g/mol. The highest BCUT2D eigenvalue weighted by atomic mass is 15.1. The Morgan fingerprint density at radius 3 is 1.82 bits per heavy atom. The lowest BCUT2D eigenvalue weighted by atomic mass is 9.92. The average Bonchev–Trinajstić information content (AvgIpc) is 3.76. The number of benzene rings is 5. The van der Waals surface area contributed by atoms with Crippen LogP contribution in [0, 0.1) is 0 Å². The number of rotatable bonds is 2. The lowest BCUT2D eigenvalue weighted by Gasteiger charge is -2.20. The van der Waals surface area contributed by atoms with Gasteiger partial charge in [-0.2, -0.15) is 0 Å². The van der Waals surface area contributed by atoms with Crippen LogP contribution in [0.1, 0.15) is 53.1 Å². The fraction of sp³-hybridized carbons (Fsp3) is 0.195. The summed E-state index contributed by atoms with van der Waals surface area (Å²) >= 11 is 0.